The number of thioether (sulfide) groups is 1. The summed E-state index contributed by atoms with van der Waals surface area (Å²) in [7, 11) is 1.91. The number of hydrogen-bond donors (Lipinski definition) is 1. The molecule has 120 valence electrons. The smallest absolute Gasteiger partial charge is 0.317 e. The molecule has 0 aromatic carbocycles. The van der Waals surface area contributed by atoms with Crippen LogP contribution < -0.4 is 5.32 Å². The molecule has 1 saturated carbocycles. The first kappa shape index (κ1) is 15.7. The molecule has 22 heavy (non-hydrogen) atoms. The Balaban J connectivity index is 1.50. The molecule has 0 radical (unpaired) electrons. The third-order valence-corrected chi connectivity index (χ3v) is 6.19. The number of aromatic nitrogens is 2. The fourth-order valence-electron chi connectivity index (χ4n) is 2.97. The lowest BCUT2D eigenvalue weighted by Crippen LogP contribution is -2.42. The fraction of sp³-hybridized carbons (Fsp3) is 0.600. The van der Waals surface area contributed by atoms with E-state index < -0.39 is 0 Å². The minimum atomic E-state index is 0.00324. The van der Waals surface area contributed by atoms with Gasteiger partial charge in [0.25, 0.3) is 0 Å². The molecular formula is C15H22N4OS2. The van der Waals surface area contributed by atoms with Crippen molar-refractivity contribution in [2.45, 2.75) is 44.0 Å². The highest BCUT2D eigenvalue weighted by Gasteiger charge is 2.29. The lowest BCUT2D eigenvalue weighted by molar-refractivity contribution is 0.190. The van der Waals surface area contributed by atoms with Gasteiger partial charge in [-0.05, 0) is 25.0 Å². The van der Waals surface area contributed by atoms with Gasteiger partial charge in [0.15, 0.2) is 4.96 Å². The van der Waals surface area contributed by atoms with Gasteiger partial charge in [-0.2, -0.15) is 11.8 Å². The predicted molar refractivity (Wildman–Crippen MR) is 92.6 cm³/mol. The number of urea groups is 1. The van der Waals surface area contributed by atoms with Crippen LogP contribution in [-0.4, -0.2) is 44.4 Å². The zero-order valence-electron chi connectivity index (χ0n) is 13.0. The first-order valence-corrected chi connectivity index (χ1v) is 9.63. The van der Waals surface area contributed by atoms with Crippen molar-refractivity contribution in [2.24, 2.45) is 0 Å². The molecule has 7 heteroatoms. The molecule has 2 aromatic heterocycles. The molecule has 0 unspecified atom stereocenters. The van der Waals surface area contributed by atoms with Gasteiger partial charge in [-0.1, -0.05) is 6.92 Å². The maximum atomic E-state index is 12.3. The Kier molecular flexibility index (Phi) is 4.93. The lowest BCUT2D eigenvalue weighted by atomic mass is 10.2. The van der Waals surface area contributed by atoms with Gasteiger partial charge in [0.1, 0.15) is 0 Å². The molecule has 1 aliphatic rings. The van der Waals surface area contributed by atoms with Crippen molar-refractivity contribution in [2.75, 3.05) is 12.8 Å². The van der Waals surface area contributed by atoms with Crippen LogP contribution in [-0.2, 0) is 6.54 Å². The Morgan fingerprint density at radius 2 is 2.45 bits per heavy atom. The molecule has 0 spiro atoms. The predicted octanol–water partition coefficient (Wildman–Crippen LogP) is 3.21. The topological polar surface area (TPSA) is 49.6 Å². The van der Waals surface area contributed by atoms with E-state index >= 15 is 0 Å². The Morgan fingerprint density at radius 3 is 3.23 bits per heavy atom. The molecule has 0 aliphatic heterocycles. The number of hydrogen-bond acceptors (Lipinski definition) is 4. The van der Waals surface area contributed by atoms with E-state index in [9.17, 15) is 4.79 Å². The van der Waals surface area contributed by atoms with Crippen molar-refractivity contribution in [3.63, 3.8) is 0 Å². The van der Waals surface area contributed by atoms with Crippen LogP contribution in [0.5, 0.6) is 0 Å². The van der Waals surface area contributed by atoms with Crippen LogP contribution in [0.2, 0.25) is 0 Å². The molecule has 0 bridgehead atoms. The van der Waals surface area contributed by atoms with Crippen molar-refractivity contribution in [3.05, 3.63) is 23.5 Å². The highest BCUT2D eigenvalue weighted by atomic mass is 32.2. The number of nitrogens with zero attached hydrogens (tertiary/aromatic N) is 3. The second-order valence-electron chi connectivity index (χ2n) is 5.64. The molecule has 2 heterocycles. The Morgan fingerprint density at radius 1 is 1.59 bits per heavy atom. The molecule has 2 aromatic rings. The summed E-state index contributed by atoms with van der Waals surface area (Å²) in [6.07, 6.45) is 7.40. The third-order valence-electron chi connectivity index (χ3n) is 4.19. The maximum absolute atomic E-state index is 12.3. The van der Waals surface area contributed by atoms with E-state index in [2.05, 4.69) is 17.2 Å². The van der Waals surface area contributed by atoms with E-state index in [1.807, 2.05) is 45.9 Å². The minimum absolute atomic E-state index is 0.00324. The van der Waals surface area contributed by atoms with Gasteiger partial charge in [-0.15, -0.1) is 11.3 Å². The molecule has 1 fully saturated rings. The summed E-state index contributed by atoms with van der Waals surface area (Å²) in [5.74, 6) is 1.16. The van der Waals surface area contributed by atoms with Gasteiger partial charge < -0.3 is 10.2 Å². The van der Waals surface area contributed by atoms with Crippen molar-refractivity contribution < 1.29 is 4.79 Å². The van der Waals surface area contributed by atoms with E-state index in [0.717, 1.165) is 29.2 Å². The van der Waals surface area contributed by atoms with Gasteiger partial charge >= 0.3 is 6.03 Å². The van der Waals surface area contributed by atoms with Crippen molar-refractivity contribution in [3.8, 4) is 0 Å². The maximum Gasteiger partial charge on any atom is 0.317 e. The number of carbonyl (C=O) groups is 1. The van der Waals surface area contributed by atoms with Crippen LogP contribution in [0.3, 0.4) is 0 Å². The average Bonchev–Trinajstić information content (AvgIpc) is 3.19. The third kappa shape index (κ3) is 3.41. The first-order chi connectivity index (χ1) is 10.7. The SMILES string of the molecule is CCS[C@H]1CC[C@@H](N(C)C(=O)NCc2cn3ccsc3n2)C1. The molecular weight excluding hydrogens is 316 g/mol. The quantitative estimate of drug-likeness (QED) is 0.911. The molecule has 1 aliphatic carbocycles. The van der Waals surface area contributed by atoms with Crippen molar-refractivity contribution in [1.82, 2.24) is 19.6 Å². The Bertz CT molecular complexity index is 610. The van der Waals surface area contributed by atoms with Crippen LogP contribution in [0.1, 0.15) is 31.9 Å². The van der Waals surface area contributed by atoms with E-state index in [0.29, 0.717) is 17.8 Å². The number of rotatable bonds is 5. The Labute approximate surface area is 139 Å². The first-order valence-electron chi connectivity index (χ1n) is 7.70. The zero-order chi connectivity index (χ0) is 15.5. The zero-order valence-corrected chi connectivity index (χ0v) is 14.6. The highest BCUT2D eigenvalue weighted by molar-refractivity contribution is 7.99. The van der Waals surface area contributed by atoms with Gasteiger partial charge in [-0.3, -0.25) is 4.40 Å². The van der Waals surface area contributed by atoms with Gasteiger partial charge in [0, 0.05) is 36.1 Å². The van der Waals surface area contributed by atoms with Crippen LogP contribution in [0.15, 0.2) is 17.8 Å². The van der Waals surface area contributed by atoms with Crippen molar-refractivity contribution >= 4 is 34.1 Å². The summed E-state index contributed by atoms with van der Waals surface area (Å²) in [5, 5.41) is 5.70. The van der Waals surface area contributed by atoms with E-state index in [1.165, 1.54) is 6.42 Å². The summed E-state index contributed by atoms with van der Waals surface area (Å²) >= 11 is 3.62. The molecule has 0 saturated heterocycles. The van der Waals surface area contributed by atoms with Crippen molar-refractivity contribution in [1.29, 1.82) is 0 Å². The summed E-state index contributed by atoms with van der Waals surface area (Å²) < 4.78 is 1.99. The molecule has 1 N–H and O–H groups in total. The number of imidazole rings is 1. The van der Waals surface area contributed by atoms with Crippen LogP contribution >= 0.6 is 23.1 Å². The fourth-order valence-corrected chi connectivity index (χ4v) is 4.83. The summed E-state index contributed by atoms with van der Waals surface area (Å²) in [6, 6.07) is 0.373. The number of nitrogens with one attached hydrogen (secondary N) is 1. The van der Waals surface area contributed by atoms with Crippen LogP contribution in [0.4, 0.5) is 4.79 Å². The number of carbonyl (C=O) groups excluding carboxylic acids is 1. The second kappa shape index (κ2) is 6.91. The normalized spacial score (nSPS) is 21.4. The number of amides is 2. The van der Waals surface area contributed by atoms with Gasteiger partial charge in [0.2, 0.25) is 0 Å². The van der Waals surface area contributed by atoms with E-state index in [-0.39, 0.29) is 6.03 Å². The summed E-state index contributed by atoms with van der Waals surface area (Å²) in [6.45, 7) is 2.68. The van der Waals surface area contributed by atoms with Crippen LogP contribution in [0.25, 0.3) is 4.96 Å². The summed E-state index contributed by atoms with van der Waals surface area (Å²) in [4.78, 5) is 19.6. The second-order valence-corrected chi connectivity index (χ2v) is 8.09. The summed E-state index contributed by atoms with van der Waals surface area (Å²) in [5.41, 5.74) is 0.902. The molecule has 2 atom stereocenters. The molecule has 2 amide bonds. The monoisotopic (exact) mass is 338 g/mol. The number of fused-ring (bicyclic) bond motifs is 1. The van der Waals surface area contributed by atoms with Gasteiger partial charge in [-0.25, -0.2) is 9.78 Å². The Hall–Kier alpha value is -1.21. The number of thiazole rings is 1. The molecule has 3 rings (SSSR count). The van der Waals surface area contributed by atoms with E-state index in [1.54, 1.807) is 11.3 Å². The minimum Gasteiger partial charge on any atom is -0.332 e. The van der Waals surface area contributed by atoms with E-state index in [4.69, 9.17) is 0 Å². The largest absolute Gasteiger partial charge is 0.332 e. The lowest BCUT2D eigenvalue weighted by Gasteiger charge is -2.24. The van der Waals surface area contributed by atoms with Gasteiger partial charge in [0.05, 0.1) is 12.2 Å². The molecule has 5 nitrogen and oxygen atoms in total. The average molecular weight is 339 g/mol. The standard InChI is InChI=1S/C15H22N4OS2/c1-3-21-13-5-4-12(8-13)18(2)14(20)16-9-11-10-19-6-7-22-15(19)17-11/h6-7,10,12-13H,3-5,8-9H2,1-2H3,(H,16,20)/t12-,13+/m1/s1. The highest BCUT2D eigenvalue weighted by Crippen LogP contribution is 2.32. The van der Waals surface area contributed by atoms with Crippen LogP contribution in [0, 0.1) is 0 Å².